The molecule has 1 aromatic carbocycles. The Morgan fingerprint density at radius 1 is 1.33 bits per heavy atom. The third-order valence-corrected chi connectivity index (χ3v) is 3.45. The van der Waals surface area contributed by atoms with Crippen LogP contribution in [0.25, 0.3) is 0 Å². The van der Waals surface area contributed by atoms with Crippen LogP contribution in [0.3, 0.4) is 0 Å². The van der Waals surface area contributed by atoms with Crippen molar-refractivity contribution >= 4 is 5.91 Å². The van der Waals surface area contributed by atoms with Crippen molar-refractivity contribution < 1.29 is 9.90 Å². The van der Waals surface area contributed by atoms with E-state index in [0.717, 1.165) is 5.56 Å². The van der Waals surface area contributed by atoms with Crippen molar-refractivity contribution in [1.29, 1.82) is 0 Å². The number of rotatable bonds is 4. The van der Waals surface area contributed by atoms with Gasteiger partial charge in [0.15, 0.2) is 0 Å². The number of amides is 1. The van der Waals surface area contributed by atoms with Gasteiger partial charge in [0, 0.05) is 13.2 Å². The lowest BCUT2D eigenvalue weighted by molar-refractivity contribution is 0.0960. The van der Waals surface area contributed by atoms with Gasteiger partial charge in [-0.25, -0.2) is 0 Å². The van der Waals surface area contributed by atoms with Crippen LogP contribution in [0.1, 0.15) is 34.5 Å². The maximum Gasteiger partial charge on any atom is 0.263 e. The number of carbonyl (C=O) groups excluding carboxylic acids is 1. The summed E-state index contributed by atoms with van der Waals surface area (Å²) in [5.74, 6) is -0.454. The molecule has 0 radical (unpaired) electrons. The predicted molar refractivity (Wildman–Crippen MR) is 80.3 cm³/mol. The molecule has 0 saturated heterocycles. The molecule has 0 bridgehead atoms. The zero-order valence-electron chi connectivity index (χ0n) is 12.0. The van der Waals surface area contributed by atoms with Crippen LogP contribution in [-0.2, 0) is 6.61 Å². The highest BCUT2D eigenvalue weighted by Gasteiger charge is 2.17. The van der Waals surface area contributed by atoms with Gasteiger partial charge in [0.05, 0.1) is 12.6 Å². The lowest BCUT2D eigenvalue weighted by atomic mass is 10.1. The van der Waals surface area contributed by atoms with Crippen LogP contribution >= 0.6 is 0 Å². The normalized spacial score (nSPS) is 12.0. The van der Waals surface area contributed by atoms with E-state index in [1.54, 1.807) is 6.20 Å². The number of aliphatic hydroxyl groups excluding tert-OH is 1. The van der Waals surface area contributed by atoms with Gasteiger partial charge >= 0.3 is 0 Å². The molecule has 1 amide bonds. The molecule has 1 aromatic heterocycles. The van der Waals surface area contributed by atoms with E-state index in [4.69, 9.17) is 0 Å². The Morgan fingerprint density at radius 2 is 2.00 bits per heavy atom. The van der Waals surface area contributed by atoms with Crippen molar-refractivity contribution in [3.05, 3.63) is 69.6 Å². The summed E-state index contributed by atoms with van der Waals surface area (Å²) in [6, 6.07) is 10.7. The lowest BCUT2D eigenvalue weighted by Gasteiger charge is -2.17. The molecule has 0 saturated carbocycles. The second kappa shape index (κ2) is 6.37. The summed E-state index contributed by atoms with van der Waals surface area (Å²) < 4.78 is 1.48. The number of benzene rings is 1. The minimum atomic E-state index is -0.454. The van der Waals surface area contributed by atoms with E-state index < -0.39 is 5.91 Å². The van der Waals surface area contributed by atoms with E-state index in [2.05, 4.69) is 5.32 Å². The standard InChI is InChI=1S/C16H18N2O3/c1-11(13-6-4-3-5-7-13)18-9-12(10-19)8-14(16(18)21)15(20)17-2/h3-9,11,19H,10H2,1-2H3,(H,17,20)/t11-/m1/s1. The van der Waals surface area contributed by atoms with Crippen LogP contribution in [0.2, 0.25) is 0 Å². The van der Waals surface area contributed by atoms with Crippen LogP contribution in [0.5, 0.6) is 0 Å². The largest absolute Gasteiger partial charge is 0.392 e. The Balaban J connectivity index is 2.58. The quantitative estimate of drug-likeness (QED) is 0.890. The Kier molecular flexibility index (Phi) is 4.55. The van der Waals surface area contributed by atoms with Gasteiger partial charge in [-0.15, -0.1) is 0 Å². The average Bonchev–Trinajstić information content (AvgIpc) is 2.54. The predicted octanol–water partition coefficient (Wildman–Crippen LogP) is 1.31. The first-order valence-electron chi connectivity index (χ1n) is 6.71. The summed E-state index contributed by atoms with van der Waals surface area (Å²) in [4.78, 5) is 24.3. The zero-order chi connectivity index (χ0) is 15.4. The summed E-state index contributed by atoms with van der Waals surface area (Å²) in [5.41, 5.74) is 1.14. The Bertz CT molecular complexity index is 692. The average molecular weight is 286 g/mol. The number of carbonyl (C=O) groups is 1. The van der Waals surface area contributed by atoms with Gasteiger partial charge in [0.25, 0.3) is 11.5 Å². The molecule has 1 atom stereocenters. The summed E-state index contributed by atoms with van der Waals surface area (Å²) in [6.07, 6.45) is 1.59. The number of hydrogen-bond donors (Lipinski definition) is 2. The van der Waals surface area contributed by atoms with E-state index >= 15 is 0 Å². The first-order valence-corrected chi connectivity index (χ1v) is 6.71. The van der Waals surface area contributed by atoms with Gasteiger partial charge in [-0.1, -0.05) is 30.3 Å². The molecule has 0 aliphatic carbocycles. The van der Waals surface area contributed by atoms with Crippen molar-refractivity contribution in [2.45, 2.75) is 19.6 Å². The third kappa shape index (κ3) is 3.03. The minimum Gasteiger partial charge on any atom is -0.392 e. The molecule has 0 aliphatic rings. The summed E-state index contributed by atoms with van der Waals surface area (Å²) in [6.45, 7) is 1.65. The SMILES string of the molecule is CNC(=O)c1cc(CO)cn([C@H](C)c2ccccc2)c1=O. The highest BCUT2D eigenvalue weighted by molar-refractivity contribution is 5.93. The van der Waals surface area contributed by atoms with Crippen molar-refractivity contribution in [3.63, 3.8) is 0 Å². The van der Waals surface area contributed by atoms with Crippen LogP contribution in [0.4, 0.5) is 0 Å². The van der Waals surface area contributed by atoms with Crippen LogP contribution in [0, 0.1) is 0 Å². The molecule has 21 heavy (non-hydrogen) atoms. The molecular formula is C16H18N2O3. The fraction of sp³-hybridized carbons (Fsp3) is 0.250. The second-order valence-corrected chi connectivity index (χ2v) is 4.80. The minimum absolute atomic E-state index is 0.0341. The molecule has 2 rings (SSSR count). The molecular weight excluding hydrogens is 268 g/mol. The van der Waals surface area contributed by atoms with Crippen molar-refractivity contribution in [2.75, 3.05) is 7.05 Å². The van der Waals surface area contributed by atoms with Gasteiger partial charge < -0.3 is 15.0 Å². The van der Waals surface area contributed by atoms with Gasteiger partial charge in [-0.05, 0) is 24.1 Å². The Labute approximate surface area is 122 Å². The summed E-state index contributed by atoms with van der Waals surface area (Å²) >= 11 is 0. The van der Waals surface area contributed by atoms with E-state index in [1.165, 1.54) is 17.7 Å². The van der Waals surface area contributed by atoms with Gasteiger partial charge in [-0.2, -0.15) is 0 Å². The number of hydrogen-bond acceptors (Lipinski definition) is 3. The molecule has 0 aliphatic heterocycles. The maximum atomic E-state index is 12.5. The van der Waals surface area contributed by atoms with E-state index in [9.17, 15) is 14.7 Å². The third-order valence-electron chi connectivity index (χ3n) is 3.45. The number of nitrogens with one attached hydrogen (secondary N) is 1. The molecule has 110 valence electrons. The van der Waals surface area contributed by atoms with E-state index in [-0.39, 0.29) is 23.8 Å². The van der Waals surface area contributed by atoms with Gasteiger partial charge in [-0.3, -0.25) is 9.59 Å². The highest BCUT2D eigenvalue weighted by Crippen LogP contribution is 2.16. The molecule has 0 spiro atoms. The summed E-state index contributed by atoms with van der Waals surface area (Å²) in [5, 5.41) is 11.8. The smallest absolute Gasteiger partial charge is 0.263 e. The topological polar surface area (TPSA) is 71.3 Å². The Morgan fingerprint density at radius 3 is 2.57 bits per heavy atom. The number of aromatic nitrogens is 1. The van der Waals surface area contributed by atoms with Crippen LogP contribution in [-0.4, -0.2) is 22.6 Å². The Hall–Kier alpha value is -2.40. The maximum absolute atomic E-state index is 12.5. The van der Waals surface area contributed by atoms with Gasteiger partial charge in [0.2, 0.25) is 0 Å². The van der Waals surface area contributed by atoms with Crippen molar-refractivity contribution in [2.24, 2.45) is 0 Å². The van der Waals surface area contributed by atoms with Crippen molar-refractivity contribution in [3.8, 4) is 0 Å². The number of pyridine rings is 1. The van der Waals surface area contributed by atoms with Crippen LogP contribution < -0.4 is 10.9 Å². The zero-order valence-corrected chi connectivity index (χ0v) is 12.0. The van der Waals surface area contributed by atoms with Crippen molar-refractivity contribution in [1.82, 2.24) is 9.88 Å². The molecule has 5 heteroatoms. The van der Waals surface area contributed by atoms with E-state index in [0.29, 0.717) is 5.56 Å². The summed E-state index contributed by atoms with van der Waals surface area (Å²) in [7, 11) is 1.47. The first kappa shape index (κ1) is 15.0. The van der Waals surface area contributed by atoms with E-state index in [1.807, 2.05) is 37.3 Å². The monoisotopic (exact) mass is 286 g/mol. The fourth-order valence-electron chi connectivity index (χ4n) is 2.22. The molecule has 1 heterocycles. The molecule has 5 nitrogen and oxygen atoms in total. The molecule has 2 N–H and O–H groups in total. The lowest BCUT2D eigenvalue weighted by Crippen LogP contribution is -2.33. The number of nitrogens with zero attached hydrogens (tertiary/aromatic N) is 1. The highest BCUT2D eigenvalue weighted by atomic mass is 16.3. The van der Waals surface area contributed by atoms with Gasteiger partial charge in [0.1, 0.15) is 5.56 Å². The fourth-order valence-corrected chi connectivity index (χ4v) is 2.22. The molecule has 0 unspecified atom stereocenters. The first-order chi connectivity index (χ1) is 10.1. The molecule has 2 aromatic rings. The molecule has 0 fully saturated rings. The van der Waals surface area contributed by atoms with Crippen LogP contribution in [0.15, 0.2) is 47.4 Å². The second-order valence-electron chi connectivity index (χ2n) is 4.80. The number of aliphatic hydroxyl groups is 1.